The van der Waals surface area contributed by atoms with Crippen molar-refractivity contribution in [3.8, 4) is 0 Å². The highest BCUT2D eigenvalue weighted by atomic mass is 14.9. The molecule has 0 spiro atoms. The Balaban J connectivity index is 2.28. The molecule has 2 nitrogen and oxygen atoms in total. The van der Waals surface area contributed by atoms with E-state index in [-0.39, 0.29) is 0 Å². The molecule has 15 heavy (non-hydrogen) atoms. The van der Waals surface area contributed by atoms with Gasteiger partial charge >= 0.3 is 0 Å². The zero-order chi connectivity index (χ0) is 10.7. The minimum atomic E-state index is 0.339. The first kappa shape index (κ1) is 10.5. The second-order valence-corrected chi connectivity index (χ2v) is 4.54. The number of hydrogen-bond acceptors (Lipinski definition) is 2. The molecule has 0 amide bonds. The van der Waals surface area contributed by atoms with Gasteiger partial charge in [-0.2, -0.15) is 0 Å². The van der Waals surface area contributed by atoms with Gasteiger partial charge in [-0.05, 0) is 43.5 Å². The lowest BCUT2D eigenvalue weighted by atomic mass is 9.73. The van der Waals surface area contributed by atoms with Crippen molar-refractivity contribution in [3.05, 3.63) is 29.8 Å². The molecule has 1 aromatic carbocycles. The molecule has 1 aliphatic heterocycles. The second-order valence-electron chi connectivity index (χ2n) is 4.54. The minimum Gasteiger partial charge on any atom is -0.399 e. The lowest BCUT2D eigenvalue weighted by Gasteiger charge is -2.37. The van der Waals surface area contributed by atoms with Gasteiger partial charge in [0.2, 0.25) is 0 Å². The average Bonchev–Trinajstić information content (AvgIpc) is 2.31. The Morgan fingerprint density at radius 2 is 2.07 bits per heavy atom. The van der Waals surface area contributed by atoms with Crippen molar-refractivity contribution in [2.75, 3.05) is 18.8 Å². The third-order valence-electron chi connectivity index (χ3n) is 3.67. The zero-order valence-corrected chi connectivity index (χ0v) is 9.42. The largest absolute Gasteiger partial charge is 0.399 e. The van der Waals surface area contributed by atoms with E-state index in [4.69, 9.17) is 5.73 Å². The van der Waals surface area contributed by atoms with E-state index >= 15 is 0 Å². The van der Waals surface area contributed by atoms with Gasteiger partial charge in [-0.1, -0.05) is 19.1 Å². The van der Waals surface area contributed by atoms with Gasteiger partial charge in [0.1, 0.15) is 0 Å². The zero-order valence-electron chi connectivity index (χ0n) is 9.42. The number of nitrogens with two attached hydrogens (primary N) is 1. The van der Waals surface area contributed by atoms with E-state index in [1.54, 1.807) is 0 Å². The Kier molecular flexibility index (Phi) is 2.96. The predicted octanol–water partition coefficient (Wildman–Crippen LogP) is 2.30. The Morgan fingerprint density at radius 3 is 2.60 bits per heavy atom. The van der Waals surface area contributed by atoms with Gasteiger partial charge in [-0.25, -0.2) is 0 Å². The minimum absolute atomic E-state index is 0.339. The molecule has 1 atom stereocenters. The lowest BCUT2D eigenvalue weighted by Crippen LogP contribution is -2.42. The normalized spacial score (nSPS) is 26.5. The van der Waals surface area contributed by atoms with E-state index in [0.717, 1.165) is 18.8 Å². The van der Waals surface area contributed by atoms with Gasteiger partial charge < -0.3 is 11.1 Å². The smallest absolute Gasteiger partial charge is 0.0314 e. The molecule has 1 fully saturated rings. The first-order valence-corrected chi connectivity index (χ1v) is 5.83. The molecule has 1 saturated heterocycles. The van der Waals surface area contributed by atoms with Gasteiger partial charge in [0.25, 0.3) is 0 Å². The van der Waals surface area contributed by atoms with Crippen LogP contribution in [0.25, 0.3) is 0 Å². The second kappa shape index (κ2) is 4.23. The third-order valence-corrected chi connectivity index (χ3v) is 3.67. The fraction of sp³-hybridized carbons (Fsp3) is 0.538. The van der Waals surface area contributed by atoms with Crippen molar-refractivity contribution in [2.45, 2.75) is 31.6 Å². The summed E-state index contributed by atoms with van der Waals surface area (Å²) in [5, 5.41) is 3.51. The summed E-state index contributed by atoms with van der Waals surface area (Å²) in [4.78, 5) is 0. The van der Waals surface area contributed by atoms with Crippen LogP contribution in [-0.4, -0.2) is 13.1 Å². The topological polar surface area (TPSA) is 38.0 Å². The van der Waals surface area contributed by atoms with E-state index < -0.39 is 0 Å². The predicted molar refractivity (Wildman–Crippen MR) is 64.9 cm³/mol. The summed E-state index contributed by atoms with van der Waals surface area (Å²) < 4.78 is 0. The van der Waals surface area contributed by atoms with Gasteiger partial charge in [0.15, 0.2) is 0 Å². The Hall–Kier alpha value is -1.02. The van der Waals surface area contributed by atoms with Crippen LogP contribution in [0.2, 0.25) is 0 Å². The highest BCUT2D eigenvalue weighted by Crippen LogP contribution is 2.34. The summed E-state index contributed by atoms with van der Waals surface area (Å²) in [5.41, 5.74) is 8.36. The van der Waals surface area contributed by atoms with Crippen LogP contribution in [0.4, 0.5) is 5.69 Å². The Bertz CT molecular complexity index is 310. The SMILES string of the molecule is CCC1(c2ccc(N)cc2)CCCNC1. The molecule has 0 aliphatic carbocycles. The molecule has 1 aromatic rings. The summed E-state index contributed by atoms with van der Waals surface area (Å²) in [6.45, 7) is 4.55. The first-order valence-electron chi connectivity index (χ1n) is 5.83. The summed E-state index contributed by atoms with van der Waals surface area (Å²) in [6, 6.07) is 8.40. The standard InChI is InChI=1S/C13H20N2/c1-2-13(8-3-9-15-10-13)11-4-6-12(14)7-5-11/h4-7,15H,2-3,8-10,14H2,1H3. The Labute approximate surface area is 91.9 Å². The van der Waals surface area contributed by atoms with Crippen LogP contribution in [0.1, 0.15) is 31.7 Å². The fourth-order valence-corrected chi connectivity index (χ4v) is 2.56. The number of rotatable bonds is 2. The number of hydrogen-bond donors (Lipinski definition) is 2. The molecule has 1 aliphatic rings. The highest BCUT2D eigenvalue weighted by Gasteiger charge is 2.31. The van der Waals surface area contributed by atoms with Gasteiger partial charge in [0, 0.05) is 17.6 Å². The van der Waals surface area contributed by atoms with Gasteiger partial charge in [0.05, 0.1) is 0 Å². The van der Waals surface area contributed by atoms with E-state index in [1.165, 1.54) is 24.8 Å². The van der Waals surface area contributed by atoms with Crippen molar-refractivity contribution in [1.29, 1.82) is 0 Å². The molecule has 2 rings (SSSR count). The molecular formula is C13H20N2. The van der Waals surface area contributed by atoms with Crippen molar-refractivity contribution < 1.29 is 0 Å². The molecule has 0 saturated carbocycles. The number of piperidine rings is 1. The molecule has 82 valence electrons. The maximum atomic E-state index is 5.73. The molecule has 0 aromatic heterocycles. The van der Waals surface area contributed by atoms with E-state index in [1.807, 2.05) is 12.1 Å². The molecular weight excluding hydrogens is 184 g/mol. The van der Waals surface area contributed by atoms with Crippen LogP contribution in [0.15, 0.2) is 24.3 Å². The van der Waals surface area contributed by atoms with Crippen LogP contribution >= 0.6 is 0 Å². The van der Waals surface area contributed by atoms with Crippen molar-refractivity contribution in [2.24, 2.45) is 0 Å². The third kappa shape index (κ3) is 2.00. The van der Waals surface area contributed by atoms with Crippen LogP contribution in [0, 0.1) is 0 Å². The van der Waals surface area contributed by atoms with E-state index in [2.05, 4.69) is 24.4 Å². The van der Waals surface area contributed by atoms with Crippen molar-refractivity contribution in [3.63, 3.8) is 0 Å². The summed E-state index contributed by atoms with van der Waals surface area (Å²) in [7, 11) is 0. The molecule has 3 N–H and O–H groups in total. The summed E-state index contributed by atoms with van der Waals surface area (Å²) >= 11 is 0. The number of benzene rings is 1. The quantitative estimate of drug-likeness (QED) is 0.725. The molecule has 2 heteroatoms. The average molecular weight is 204 g/mol. The molecule has 0 bridgehead atoms. The van der Waals surface area contributed by atoms with E-state index in [9.17, 15) is 0 Å². The first-order chi connectivity index (χ1) is 7.27. The van der Waals surface area contributed by atoms with Crippen LogP contribution in [0.3, 0.4) is 0 Å². The van der Waals surface area contributed by atoms with Crippen LogP contribution in [0.5, 0.6) is 0 Å². The number of anilines is 1. The van der Waals surface area contributed by atoms with Crippen LogP contribution < -0.4 is 11.1 Å². The summed E-state index contributed by atoms with van der Waals surface area (Å²) in [5.74, 6) is 0. The van der Waals surface area contributed by atoms with Gasteiger partial charge in [-0.15, -0.1) is 0 Å². The maximum absolute atomic E-state index is 5.73. The highest BCUT2D eigenvalue weighted by molar-refractivity contribution is 5.41. The molecule has 0 radical (unpaired) electrons. The fourth-order valence-electron chi connectivity index (χ4n) is 2.56. The number of nitrogen functional groups attached to an aromatic ring is 1. The van der Waals surface area contributed by atoms with Crippen molar-refractivity contribution >= 4 is 5.69 Å². The van der Waals surface area contributed by atoms with Crippen LogP contribution in [-0.2, 0) is 5.41 Å². The monoisotopic (exact) mass is 204 g/mol. The van der Waals surface area contributed by atoms with E-state index in [0.29, 0.717) is 5.41 Å². The molecule has 1 heterocycles. The Morgan fingerprint density at radius 1 is 1.33 bits per heavy atom. The van der Waals surface area contributed by atoms with Crippen molar-refractivity contribution in [1.82, 2.24) is 5.32 Å². The maximum Gasteiger partial charge on any atom is 0.0314 e. The number of nitrogens with one attached hydrogen (secondary N) is 1. The molecule has 1 unspecified atom stereocenters. The lowest BCUT2D eigenvalue weighted by molar-refractivity contribution is 0.303. The van der Waals surface area contributed by atoms with Gasteiger partial charge in [-0.3, -0.25) is 0 Å². The summed E-state index contributed by atoms with van der Waals surface area (Å²) in [6.07, 6.45) is 3.77.